The van der Waals surface area contributed by atoms with E-state index in [4.69, 9.17) is 0 Å². The van der Waals surface area contributed by atoms with E-state index in [2.05, 4.69) is 10.8 Å². The van der Waals surface area contributed by atoms with Crippen molar-refractivity contribution >= 4 is 10.0 Å². The lowest BCUT2D eigenvalue weighted by Gasteiger charge is -2.09. The fourth-order valence-electron chi connectivity index (χ4n) is 1.59. The fraction of sp³-hybridized carbons (Fsp3) is 0.0769. The monoisotopic (exact) mass is 246 g/mol. The van der Waals surface area contributed by atoms with E-state index in [1.807, 2.05) is 24.3 Å². The Balaban J connectivity index is 2.65. The third-order valence-corrected chi connectivity index (χ3v) is 3.92. The molecule has 0 saturated heterocycles. The summed E-state index contributed by atoms with van der Waals surface area (Å²) in [5.41, 5.74) is 1.42. The molecule has 0 bridgehead atoms. The van der Waals surface area contributed by atoms with Crippen LogP contribution in [-0.4, -0.2) is 15.5 Å². The van der Waals surface area contributed by atoms with E-state index in [0.717, 1.165) is 5.56 Å². The molecule has 0 atom stereocenters. The molecule has 0 spiro atoms. The van der Waals surface area contributed by atoms with Crippen LogP contribution in [0.15, 0.2) is 53.4 Å². The maximum Gasteiger partial charge on any atom is 0.240 e. The maximum absolute atomic E-state index is 11.9. The second-order valence-corrected chi connectivity index (χ2v) is 5.33. The van der Waals surface area contributed by atoms with Crippen molar-refractivity contribution in [3.8, 4) is 11.1 Å². The van der Waals surface area contributed by atoms with Gasteiger partial charge in [0.05, 0.1) is 4.90 Å². The van der Waals surface area contributed by atoms with Gasteiger partial charge in [-0.15, -0.1) is 0 Å². The first kappa shape index (κ1) is 11.8. The number of hydrogen-bond acceptors (Lipinski definition) is 2. The van der Waals surface area contributed by atoms with Crippen LogP contribution in [0.4, 0.5) is 0 Å². The van der Waals surface area contributed by atoms with Gasteiger partial charge in [0.1, 0.15) is 0 Å². The standard InChI is InChI=1S/C13H12NO2S/c1-14-17(15,16)13-10-6-5-9-12(13)11-7-3-2-4-8-11/h2-7,9-10,14H,1H3. The maximum atomic E-state index is 11.9. The highest BCUT2D eigenvalue weighted by atomic mass is 32.2. The second kappa shape index (κ2) is 4.69. The molecule has 1 radical (unpaired) electrons. The SMILES string of the molecule is CNS(=O)(=O)c1ccccc1-c1[c]cccc1. The van der Waals surface area contributed by atoms with E-state index in [0.29, 0.717) is 5.56 Å². The Morgan fingerprint density at radius 2 is 1.76 bits per heavy atom. The van der Waals surface area contributed by atoms with Crippen molar-refractivity contribution in [3.05, 3.63) is 54.6 Å². The molecule has 0 aliphatic rings. The normalized spacial score (nSPS) is 11.4. The van der Waals surface area contributed by atoms with Crippen molar-refractivity contribution < 1.29 is 8.42 Å². The van der Waals surface area contributed by atoms with Crippen LogP contribution < -0.4 is 4.72 Å². The molecule has 2 rings (SSSR count). The van der Waals surface area contributed by atoms with Crippen molar-refractivity contribution in [2.45, 2.75) is 4.90 Å². The molecule has 0 fully saturated rings. The smallest absolute Gasteiger partial charge is 0.214 e. The Hall–Kier alpha value is -1.65. The lowest BCUT2D eigenvalue weighted by molar-refractivity contribution is 0.588. The number of rotatable bonds is 3. The molecule has 0 aliphatic heterocycles. The summed E-state index contributed by atoms with van der Waals surface area (Å²) < 4.78 is 26.1. The molecule has 1 N–H and O–H groups in total. The zero-order valence-corrected chi connectivity index (χ0v) is 10.2. The molecule has 0 aliphatic carbocycles. The molecule has 2 aromatic carbocycles. The van der Waals surface area contributed by atoms with Crippen molar-refractivity contribution in [1.29, 1.82) is 0 Å². The van der Waals surface area contributed by atoms with E-state index >= 15 is 0 Å². The summed E-state index contributed by atoms with van der Waals surface area (Å²) in [6, 6.07) is 17.2. The summed E-state index contributed by atoms with van der Waals surface area (Å²) in [6.45, 7) is 0. The van der Waals surface area contributed by atoms with Crippen LogP contribution in [0.25, 0.3) is 11.1 Å². The number of nitrogens with one attached hydrogen (secondary N) is 1. The average molecular weight is 246 g/mol. The first-order valence-corrected chi connectivity index (χ1v) is 6.63. The van der Waals surface area contributed by atoms with Gasteiger partial charge in [-0.25, -0.2) is 13.1 Å². The van der Waals surface area contributed by atoms with Crippen molar-refractivity contribution in [2.24, 2.45) is 0 Å². The Morgan fingerprint density at radius 3 is 2.41 bits per heavy atom. The molecule has 87 valence electrons. The Labute approximate surface area is 101 Å². The van der Waals surface area contributed by atoms with Crippen LogP contribution in [0.2, 0.25) is 0 Å². The molecular formula is C13H12NO2S. The minimum Gasteiger partial charge on any atom is -0.214 e. The summed E-state index contributed by atoms with van der Waals surface area (Å²) >= 11 is 0. The second-order valence-electron chi connectivity index (χ2n) is 3.48. The molecule has 2 aromatic rings. The van der Waals surface area contributed by atoms with Gasteiger partial charge in [0.2, 0.25) is 10.0 Å². The van der Waals surface area contributed by atoms with Gasteiger partial charge in [0.15, 0.2) is 0 Å². The summed E-state index contributed by atoms with van der Waals surface area (Å²) in [6.07, 6.45) is 0. The van der Waals surface area contributed by atoms with E-state index in [9.17, 15) is 8.42 Å². The van der Waals surface area contributed by atoms with E-state index in [-0.39, 0.29) is 4.90 Å². The van der Waals surface area contributed by atoms with Crippen LogP contribution in [0.5, 0.6) is 0 Å². The molecule has 0 amide bonds. The third-order valence-electron chi connectivity index (χ3n) is 2.44. The van der Waals surface area contributed by atoms with Crippen LogP contribution >= 0.6 is 0 Å². The lowest BCUT2D eigenvalue weighted by Crippen LogP contribution is -2.19. The highest BCUT2D eigenvalue weighted by Gasteiger charge is 2.16. The quantitative estimate of drug-likeness (QED) is 0.901. The highest BCUT2D eigenvalue weighted by molar-refractivity contribution is 7.89. The average Bonchev–Trinajstić information content (AvgIpc) is 2.40. The molecule has 3 nitrogen and oxygen atoms in total. The van der Waals surface area contributed by atoms with Crippen LogP contribution in [0.3, 0.4) is 0 Å². The fourth-order valence-corrected chi connectivity index (χ4v) is 2.54. The number of hydrogen-bond donors (Lipinski definition) is 1. The molecule has 0 heterocycles. The molecule has 0 aromatic heterocycles. The van der Waals surface area contributed by atoms with Gasteiger partial charge < -0.3 is 0 Å². The van der Waals surface area contributed by atoms with Gasteiger partial charge in [-0.05, 0) is 24.7 Å². The van der Waals surface area contributed by atoms with Crippen molar-refractivity contribution in [1.82, 2.24) is 4.72 Å². The zero-order valence-electron chi connectivity index (χ0n) is 9.34. The van der Waals surface area contributed by atoms with Gasteiger partial charge in [-0.2, -0.15) is 0 Å². The van der Waals surface area contributed by atoms with Crippen LogP contribution in [-0.2, 0) is 10.0 Å². The first-order valence-electron chi connectivity index (χ1n) is 5.15. The van der Waals surface area contributed by atoms with Crippen molar-refractivity contribution in [2.75, 3.05) is 7.05 Å². The molecule has 4 heteroatoms. The third kappa shape index (κ3) is 2.38. The Bertz CT molecular complexity index is 606. The topological polar surface area (TPSA) is 46.2 Å². The summed E-state index contributed by atoms with van der Waals surface area (Å²) in [5, 5.41) is 0. The van der Waals surface area contributed by atoms with Gasteiger partial charge >= 0.3 is 0 Å². The lowest BCUT2D eigenvalue weighted by atomic mass is 10.1. The zero-order chi connectivity index (χ0) is 12.3. The minimum absolute atomic E-state index is 0.268. The largest absolute Gasteiger partial charge is 0.240 e. The first-order chi connectivity index (χ1) is 8.15. The Morgan fingerprint density at radius 1 is 1.06 bits per heavy atom. The van der Waals surface area contributed by atoms with E-state index in [1.165, 1.54) is 7.05 Å². The summed E-state index contributed by atoms with van der Waals surface area (Å²) in [7, 11) is -2.04. The molecule has 0 unspecified atom stereocenters. The van der Waals surface area contributed by atoms with Crippen LogP contribution in [0, 0.1) is 6.07 Å². The van der Waals surface area contributed by atoms with Gasteiger partial charge in [-0.3, -0.25) is 0 Å². The molecular weight excluding hydrogens is 234 g/mol. The van der Waals surface area contributed by atoms with Gasteiger partial charge in [-0.1, -0.05) is 42.5 Å². The molecule has 17 heavy (non-hydrogen) atoms. The number of sulfonamides is 1. The summed E-state index contributed by atoms with van der Waals surface area (Å²) in [5.74, 6) is 0. The summed E-state index contributed by atoms with van der Waals surface area (Å²) in [4.78, 5) is 0.268. The van der Waals surface area contributed by atoms with E-state index < -0.39 is 10.0 Å². The Kier molecular flexibility index (Phi) is 3.26. The minimum atomic E-state index is -3.45. The van der Waals surface area contributed by atoms with Crippen molar-refractivity contribution in [3.63, 3.8) is 0 Å². The predicted molar refractivity (Wildman–Crippen MR) is 67.0 cm³/mol. The number of benzene rings is 2. The van der Waals surface area contributed by atoms with Crippen LogP contribution in [0.1, 0.15) is 0 Å². The highest BCUT2D eigenvalue weighted by Crippen LogP contribution is 2.26. The van der Waals surface area contributed by atoms with Gasteiger partial charge in [0.25, 0.3) is 0 Å². The molecule has 0 saturated carbocycles. The van der Waals surface area contributed by atoms with Gasteiger partial charge in [0, 0.05) is 5.56 Å². The van der Waals surface area contributed by atoms with E-state index in [1.54, 1.807) is 24.3 Å². The predicted octanol–water partition coefficient (Wildman–Crippen LogP) is 2.06.